The van der Waals surface area contributed by atoms with Crippen LogP contribution in [0, 0.1) is 6.92 Å². The lowest BCUT2D eigenvalue weighted by molar-refractivity contribution is -0.115. The summed E-state index contributed by atoms with van der Waals surface area (Å²) >= 11 is 3.41. The van der Waals surface area contributed by atoms with Crippen molar-refractivity contribution in [1.29, 1.82) is 0 Å². The van der Waals surface area contributed by atoms with Crippen LogP contribution in [0.3, 0.4) is 0 Å². The molecule has 0 spiro atoms. The van der Waals surface area contributed by atoms with E-state index in [1.165, 1.54) is 0 Å². The minimum atomic E-state index is -0.0387. The zero-order chi connectivity index (χ0) is 10.6. The van der Waals surface area contributed by atoms with Gasteiger partial charge in [0.25, 0.3) is 0 Å². The Balaban J connectivity index is 2.68. The van der Waals surface area contributed by atoms with Gasteiger partial charge in [0, 0.05) is 10.2 Å². The first-order valence-electron chi connectivity index (χ1n) is 4.34. The van der Waals surface area contributed by atoms with Crippen molar-refractivity contribution in [1.82, 2.24) is 5.32 Å². The molecular formula is C10H13BrN2O. The van der Waals surface area contributed by atoms with E-state index in [1.54, 1.807) is 7.05 Å². The van der Waals surface area contributed by atoms with Crippen molar-refractivity contribution in [2.45, 2.75) is 6.92 Å². The van der Waals surface area contributed by atoms with Crippen molar-refractivity contribution < 1.29 is 4.79 Å². The molecule has 0 heterocycles. The Kier molecular flexibility index (Phi) is 4.10. The van der Waals surface area contributed by atoms with Crippen molar-refractivity contribution in [3.8, 4) is 0 Å². The van der Waals surface area contributed by atoms with E-state index in [4.69, 9.17) is 0 Å². The van der Waals surface area contributed by atoms with Crippen LogP contribution < -0.4 is 10.6 Å². The number of likely N-dealkylation sites (N-methyl/N-ethyl adjacent to an activating group) is 1. The Morgan fingerprint density at radius 1 is 1.50 bits per heavy atom. The molecule has 0 fully saturated rings. The molecule has 0 aliphatic carbocycles. The zero-order valence-corrected chi connectivity index (χ0v) is 9.81. The molecule has 76 valence electrons. The number of benzene rings is 1. The fraction of sp³-hybridized carbons (Fsp3) is 0.300. The van der Waals surface area contributed by atoms with Gasteiger partial charge in [-0.3, -0.25) is 4.79 Å². The number of amides is 1. The van der Waals surface area contributed by atoms with Gasteiger partial charge in [-0.1, -0.05) is 22.0 Å². The van der Waals surface area contributed by atoms with Gasteiger partial charge in [-0.2, -0.15) is 0 Å². The van der Waals surface area contributed by atoms with E-state index in [0.717, 1.165) is 15.7 Å². The van der Waals surface area contributed by atoms with Gasteiger partial charge in [0.05, 0.1) is 6.54 Å². The minimum absolute atomic E-state index is 0.0387. The third-order valence-electron chi connectivity index (χ3n) is 1.79. The number of halogens is 1. The maximum Gasteiger partial charge on any atom is 0.238 e. The van der Waals surface area contributed by atoms with Crippen molar-refractivity contribution in [3.05, 3.63) is 28.2 Å². The summed E-state index contributed by atoms with van der Waals surface area (Å²) in [6, 6.07) is 5.73. The highest BCUT2D eigenvalue weighted by Gasteiger charge is 2.01. The maximum absolute atomic E-state index is 11.2. The quantitative estimate of drug-likeness (QED) is 0.868. The Hall–Kier alpha value is -0.870. The van der Waals surface area contributed by atoms with E-state index in [2.05, 4.69) is 26.6 Å². The van der Waals surface area contributed by atoms with Crippen LogP contribution in [0.5, 0.6) is 0 Å². The molecule has 4 heteroatoms. The molecule has 1 aromatic carbocycles. The molecule has 0 saturated carbocycles. The lowest BCUT2D eigenvalue weighted by Gasteiger charge is -2.06. The number of carbonyl (C=O) groups excluding carboxylic acids is 1. The Morgan fingerprint density at radius 2 is 2.21 bits per heavy atom. The molecule has 3 nitrogen and oxygen atoms in total. The van der Waals surface area contributed by atoms with E-state index in [0.29, 0.717) is 6.54 Å². The van der Waals surface area contributed by atoms with Gasteiger partial charge in [-0.15, -0.1) is 0 Å². The number of hydrogen-bond donors (Lipinski definition) is 2. The van der Waals surface area contributed by atoms with E-state index >= 15 is 0 Å². The second-order valence-corrected chi connectivity index (χ2v) is 3.90. The first-order valence-corrected chi connectivity index (χ1v) is 5.13. The summed E-state index contributed by atoms with van der Waals surface area (Å²) in [5.41, 5.74) is 1.96. The predicted molar refractivity (Wildman–Crippen MR) is 61.4 cm³/mol. The van der Waals surface area contributed by atoms with Crippen molar-refractivity contribution in [2.24, 2.45) is 0 Å². The van der Waals surface area contributed by atoms with Gasteiger partial charge >= 0.3 is 0 Å². The lowest BCUT2D eigenvalue weighted by atomic mass is 10.2. The van der Waals surface area contributed by atoms with Gasteiger partial charge < -0.3 is 10.6 Å². The third-order valence-corrected chi connectivity index (χ3v) is 2.65. The smallest absolute Gasteiger partial charge is 0.238 e. The van der Waals surface area contributed by atoms with Crippen LogP contribution >= 0.6 is 15.9 Å². The highest BCUT2D eigenvalue weighted by atomic mass is 79.9. The zero-order valence-electron chi connectivity index (χ0n) is 8.23. The molecule has 2 N–H and O–H groups in total. The number of nitrogens with one attached hydrogen (secondary N) is 2. The number of rotatable bonds is 3. The molecule has 0 bridgehead atoms. The average molecular weight is 257 g/mol. The first kappa shape index (κ1) is 11.2. The van der Waals surface area contributed by atoms with Crippen molar-refractivity contribution in [3.63, 3.8) is 0 Å². The van der Waals surface area contributed by atoms with E-state index in [-0.39, 0.29) is 5.91 Å². The number of hydrogen-bond acceptors (Lipinski definition) is 2. The second kappa shape index (κ2) is 5.12. The summed E-state index contributed by atoms with van der Waals surface area (Å²) in [5.74, 6) is -0.0387. The number of aryl methyl sites for hydroxylation is 1. The van der Waals surface area contributed by atoms with Crippen LogP contribution in [0.1, 0.15) is 5.56 Å². The standard InChI is InChI=1S/C10H13BrN2O/c1-7-3-4-8(5-9(7)11)13-10(14)6-12-2/h3-5,12H,6H2,1-2H3,(H,13,14). The highest BCUT2D eigenvalue weighted by molar-refractivity contribution is 9.10. The monoisotopic (exact) mass is 256 g/mol. The first-order chi connectivity index (χ1) is 6.63. The van der Waals surface area contributed by atoms with Crippen LogP contribution in [-0.4, -0.2) is 19.5 Å². The predicted octanol–water partition coefficient (Wildman–Crippen LogP) is 1.92. The highest BCUT2D eigenvalue weighted by Crippen LogP contribution is 2.20. The normalized spacial score (nSPS) is 9.93. The van der Waals surface area contributed by atoms with Crippen LogP contribution in [0.4, 0.5) is 5.69 Å². The van der Waals surface area contributed by atoms with Gasteiger partial charge in [0.1, 0.15) is 0 Å². The third kappa shape index (κ3) is 3.12. The van der Waals surface area contributed by atoms with Gasteiger partial charge in [0.15, 0.2) is 0 Å². The molecule has 14 heavy (non-hydrogen) atoms. The molecule has 0 aliphatic rings. The van der Waals surface area contributed by atoms with E-state index in [1.807, 2.05) is 25.1 Å². The van der Waals surface area contributed by atoms with Crippen molar-refractivity contribution in [2.75, 3.05) is 18.9 Å². The SMILES string of the molecule is CNCC(=O)Nc1ccc(C)c(Br)c1. The fourth-order valence-corrected chi connectivity index (χ4v) is 1.42. The van der Waals surface area contributed by atoms with Gasteiger partial charge in [0.2, 0.25) is 5.91 Å². The van der Waals surface area contributed by atoms with Gasteiger partial charge in [-0.05, 0) is 31.7 Å². The molecule has 0 aromatic heterocycles. The number of anilines is 1. The second-order valence-electron chi connectivity index (χ2n) is 3.04. The van der Waals surface area contributed by atoms with Crippen LogP contribution in [0.2, 0.25) is 0 Å². The van der Waals surface area contributed by atoms with E-state index in [9.17, 15) is 4.79 Å². The molecule has 1 amide bonds. The summed E-state index contributed by atoms with van der Waals surface area (Å²) in [5, 5.41) is 5.57. The number of carbonyl (C=O) groups is 1. The maximum atomic E-state index is 11.2. The van der Waals surface area contributed by atoms with Crippen LogP contribution in [0.15, 0.2) is 22.7 Å². The molecule has 0 radical (unpaired) electrons. The molecular weight excluding hydrogens is 244 g/mol. The summed E-state index contributed by atoms with van der Waals surface area (Å²) in [7, 11) is 1.74. The summed E-state index contributed by atoms with van der Waals surface area (Å²) in [4.78, 5) is 11.2. The summed E-state index contributed by atoms with van der Waals surface area (Å²) in [6.07, 6.45) is 0. The fourth-order valence-electron chi connectivity index (χ4n) is 1.04. The molecule has 0 atom stereocenters. The summed E-state index contributed by atoms with van der Waals surface area (Å²) < 4.78 is 1.000. The summed E-state index contributed by atoms with van der Waals surface area (Å²) in [6.45, 7) is 2.33. The molecule has 1 rings (SSSR count). The Bertz CT molecular complexity index is 339. The van der Waals surface area contributed by atoms with Crippen molar-refractivity contribution >= 4 is 27.5 Å². The average Bonchev–Trinajstić information content (AvgIpc) is 2.12. The minimum Gasteiger partial charge on any atom is -0.325 e. The van der Waals surface area contributed by atoms with Crippen LogP contribution in [-0.2, 0) is 4.79 Å². The Labute approximate surface area is 92.0 Å². The van der Waals surface area contributed by atoms with Crippen LogP contribution in [0.25, 0.3) is 0 Å². The van der Waals surface area contributed by atoms with E-state index < -0.39 is 0 Å². The largest absolute Gasteiger partial charge is 0.325 e. The topological polar surface area (TPSA) is 41.1 Å². The Morgan fingerprint density at radius 3 is 2.79 bits per heavy atom. The molecule has 0 unspecified atom stereocenters. The lowest BCUT2D eigenvalue weighted by Crippen LogP contribution is -2.25. The van der Waals surface area contributed by atoms with Gasteiger partial charge in [-0.25, -0.2) is 0 Å². The molecule has 0 aliphatic heterocycles. The molecule has 0 saturated heterocycles. The molecule has 1 aromatic rings.